The molecule has 0 radical (unpaired) electrons. The van der Waals surface area contributed by atoms with E-state index in [0.29, 0.717) is 24.0 Å². The molecule has 3 rings (SSSR count). The average molecular weight is 401 g/mol. The Morgan fingerprint density at radius 1 is 1.25 bits per heavy atom. The third kappa shape index (κ3) is 5.13. The molecule has 3 aromatic rings. The minimum atomic E-state index is -0.179. The van der Waals surface area contributed by atoms with E-state index in [9.17, 15) is 4.79 Å². The molecule has 2 heterocycles. The molecule has 2 aromatic heterocycles. The number of nitrogens with zero attached hydrogens (tertiary/aromatic N) is 4. The highest BCUT2D eigenvalue weighted by molar-refractivity contribution is 7.98. The molecule has 0 aliphatic rings. The fraction of sp³-hybridized carbons (Fsp3) is 0.368. The molecule has 2 N–H and O–H groups in total. The van der Waals surface area contributed by atoms with E-state index in [1.165, 1.54) is 11.8 Å². The molecule has 0 saturated heterocycles. The highest BCUT2D eigenvalue weighted by atomic mass is 32.2. The maximum absolute atomic E-state index is 12.0. The van der Waals surface area contributed by atoms with Crippen LogP contribution in [-0.2, 0) is 11.3 Å². The van der Waals surface area contributed by atoms with Gasteiger partial charge in [-0.1, -0.05) is 30.0 Å². The third-order valence-electron chi connectivity index (χ3n) is 3.84. The SMILES string of the molecule is CSc1nc(NC(C)C)c2cnn(CCNC(=O)COc3ccccc3)c2n1. The van der Waals surface area contributed by atoms with Gasteiger partial charge in [-0.05, 0) is 32.2 Å². The van der Waals surface area contributed by atoms with Crippen LogP contribution in [0, 0.1) is 0 Å². The number of amides is 1. The van der Waals surface area contributed by atoms with Gasteiger partial charge in [0, 0.05) is 12.6 Å². The molecule has 9 heteroatoms. The standard InChI is InChI=1S/C19H24N6O2S/c1-13(2)22-17-15-11-21-25(18(15)24-19(23-17)28-3)10-9-20-16(26)12-27-14-7-5-4-6-8-14/h4-8,11,13H,9-10,12H2,1-3H3,(H,20,26)(H,22,23,24). The van der Waals surface area contributed by atoms with Gasteiger partial charge in [0.2, 0.25) is 0 Å². The van der Waals surface area contributed by atoms with Crippen LogP contribution in [0.5, 0.6) is 5.75 Å². The van der Waals surface area contributed by atoms with Crippen molar-refractivity contribution in [1.82, 2.24) is 25.1 Å². The first kappa shape index (κ1) is 19.9. The molecule has 8 nitrogen and oxygen atoms in total. The van der Waals surface area contributed by atoms with Gasteiger partial charge in [0.1, 0.15) is 11.6 Å². The number of hydrogen-bond donors (Lipinski definition) is 2. The number of thioether (sulfide) groups is 1. The summed E-state index contributed by atoms with van der Waals surface area (Å²) >= 11 is 1.48. The van der Waals surface area contributed by atoms with Gasteiger partial charge in [-0.2, -0.15) is 5.10 Å². The van der Waals surface area contributed by atoms with Crippen LogP contribution in [0.25, 0.3) is 11.0 Å². The second-order valence-corrected chi connectivity index (χ2v) is 7.19. The summed E-state index contributed by atoms with van der Waals surface area (Å²) in [5.74, 6) is 1.26. The molecular weight excluding hydrogens is 376 g/mol. The van der Waals surface area contributed by atoms with Crippen molar-refractivity contribution < 1.29 is 9.53 Å². The van der Waals surface area contributed by atoms with E-state index in [1.807, 2.05) is 36.6 Å². The van der Waals surface area contributed by atoms with Gasteiger partial charge in [0.05, 0.1) is 18.1 Å². The number of ether oxygens (including phenoxy) is 1. The van der Waals surface area contributed by atoms with Gasteiger partial charge >= 0.3 is 0 Å². The zero-order valence-electron chi connectivity index (χ0n) is 16.2. The Hall–Kier alpha value is -2.81. The third-order valence-corrected chi connectivity index (χ3v) is 4.39. The molecule has 0 saturated carbocycles. The highest BCUT2D eigenvalue weighted by Gasteiger charge is 2.13. The minimum absolute atomic E-state index is 0.0227. The van der Waals surface area contributed by atoms with Crippen molar-refractivity contribution in [2.45, 2.75) is 31.6 Å². The second kappa shape index (κ2) is 9.41. The fourth-order valence-corrected chi connectivity index (χ4v) is 2.95. The lowest BCUT2D eigenvalue weighted by molar-refractivity contribution is -0.123. The van der Waals surface area contributed by atoms with Gasteiger partial charge in [0.25, 0.3) is 5.91 Å². The number of nitrogens with one attached hydrogen (secondary N) is 2. The Balaban J connectivity index is 1.60. The van der Waals surface area contributed by atoms with Gasteiger partial charge in [-0.3, -0.25) is 4.79 Å². The molecule has 0 atom stereocenters. The van der Waals surface area contributed by atoms with E-state index in [1.54, 1.807) is 10.9 Å². The maximum atomic E-state index is 12.0. The molecule has 0 bridgehead atoms. The number of benzene rings is 1. The largest absolute Gasteiger partial charge is 0.484 e. The normalized spacial score (nSPS) is 11.0. The van der Waals surface area contributed by atoms with Crippen LogP contribution in [0.15, 0.2) is 41.7 Å². The van der Waals surface area contributed by atoms with E-state index < -0.39 is 0 Å². The summed E-state index contributed by atoms with van der Waals surface area (Å²) < 4.78 is 7.22. The summed E-state index contributed by atoms with van der Waals surface area (Å²) in [4.78, 5) is 21.1. The predicted octanol–water partition coefficient (Wildman–Crippen LogP) is 2.56. The number of aromatic nitrogens is 4. The lowest BCUT2D eigenvalue weighted by Gasteiger charge is -2.11. The number of anilines is 1. The van der Waals surface area contributed by atoms with Crippen LogP contribution < -0.4 is 15.4 Å². The predicted molar refractivity (Wildman–Crippen MR) is 111 cm³/mol. The summed E-state index contributed by atoms with van der Waals surface area (Å²) in [6.07, 6.45) is 3.69. The molecule has 1 aromatic carbocycles. The number of carbonyl (C=O) groups is 1. The average Bonchev–Trinajstić information content (AvgIpc) is 3.10. The van der Waals surface area contributed by atoms with Gasteiger partial charge in [0.15, 0.2) is 17.4 Å². The summed E-state index contributed by atoms with van der Waals surface area (Å²) in [6.45, 7) is 5.03. The fourth-order valence-electron chi connectivity index (χ4n) is 2.59. The molecule has 1 amide bonds. The van der Waals surface area contributed by atoms with E-state index in [4.69, 9.17) is 4.74 Å². The Kier molecular flexibility index (Phi) is 6.70. The molecule has 0 unspecified atom stereocenters. The van der Waals surface area contributed by atoms with Crippen molar-refractivity contribution in [3.8, 4) is 5.75 Å². The van der Waals surface area contributed by atoms with Crippen molar-refractivity contribution in [1.29, 1.82) is 0 Å². The minimum Gasteiger partial charge on any atom is -0.484 e. The lowest BCUT2D eigenvalue weighted by atomic mass is 10.3. The zero-order valence-corrected chi connectivity index (χ0v) is 17.0. The topological polar surface area (TPSA) is 94.0 Å². The monoisotopic (exact) mass is 400 g/mol. The van der Waals surface area contributed by atoms with Crippen molar-refractivity contribution in [2.75, 3.05) is 24.7 Å². The van der Waals surface area contributed by atoms with Gasteiger partial charge < -0.3 is 15.4 Å². The molecular formula is C19H24N6O2S. The summed E-state index contributed by atoms with van der Waals surface area (Å²) in [5, 5.41) is 12.1. The number of rotatable bonds is 9. The molecule has 0 aliphatic heterocycles. The first-order valence-electron chi connectivity index (χ1n) is 9.05. The number of hydrogen-bond acceptors (Lipinski definition) is 7. The highest BCUT2D eigenvalue weighted by Crippen LogP contribution is 2.23. The van der Waals surface area contributed by atoms with Crippen LogP contribution >= 0.6 is 11.8 Å². The zero-order chi connectivity index (χ0) is 19.9. The Morgan fingerprint density at radius 3 is 2.75 bits per heavy atom. The van der Waals surface area contributed by atoms with E-state index in [-0.39, 0.29) is 18.6 Å². The quantitative estimate of drug-likeness (QED) is 0.421. The van der Waals surface area contributed by atoms with Crippen LogP contribution in [0.4, 0.5) is 5.82 Å². The molecule has 0 spiro atoms. The molecule has 28 heavy (non-hydrogen) atoms. The van der Waals surface area contributed by atoms with E-state index in [2.05, 4.69) is 39.5 Å². The van der Waals surface area contributed by atoms with Crippen LogP contribution in [0.1, 0.15) is 13.8 Å². The Bertz CT molecular complexity index is 929. The summed E-state index contributed by atoms with van der Waals surface area (Å²) in [7, 11) is 0. The van der Waals surface area contributed by atoms with Crippen LogP contribution in [0.3, 0.4) is 0 Å². The van der Waals surface area contributed by atoms with Crippen LogP contribution in [-0.4, -0.2) is 51.1 Å². The summed E-state index contributed by atoms with van der Waals surface area (Å²) in [6, 6.07) is 9.51. The molecule has 0 fully saturated rings. The molecule has 0 aliphatic carbocycles. The Morgan fingerprint density at radius 2 is 2.04 bits per heavy atom. The van der Waals surface area contributed by atoms with Gasteiger partial charge in [-0.25, -0.2) is 14.6 Å². The van der Waals surface area contributed by atoms with Crippen molar-refractivity contribution >= 4 is 34.5 Å². The number of fused-ring (bicyclic) bond motifs is 1. The first-order valence-corrected chi connectivity index (χ1v) is 10.3. The number of para-hydroxylation sites is 1. The van der Waals surface area contributed by atoms with Crippen molar-refractivity contribution in [3.63, 3.8) is 0 Å². The van der Waals surface area contributed by atoms with Gasteiger partial charge in [-0.15, -0.1) is 0 Å². The van der Waals surface area contributed by atoms with Crippen LogP contribution in [0.2, 0.25) is 0 Å². The first-order chi connectivity index (χ1) is 13.6. The van der Waals surface area contributed by atoms with Crippen molar-refractivity contribution in [3.05, 3.63) is 36.5 Å². The van der Waals surface area contributed by atoms with E-state index in [0.717, 1.165) is 16.9 Å². The Labute approximate surface area is 168 Å². The van der Waals surface area contributed by atoms with Crippen molar-refractivity contribution in [2.24, 2.45) is 0 Å². The summed E-state index contributed by atoms with van der Waals surface area (Å²) in [5.41, 5.74) is 0.747. The second-order valence-electron chi connectivity index (χ2n) is 6.41. The lowest BCUT2D eigenvalue weighted by Crippen LogP contribution is -2.31. The molecule has 148 valence electrons. The smallest absolute Gasteiger partial charge is 0.258 e. The van der Waals surface area contributed by atoms with E-state index >= 15 is 0 Å². The number of carbonyl (C=O) groups excluding carboxylic acids is 1. The maximum Gasteiger partial charge on any atom is 0.258 e.